The van der Waals surface area contributed by atoms with E-state index in [1.807, 2.05) is 24.4 Å². The van der Waals surface area contributed by atoms with Crippen molar-refractivity contribution in [2.45, 2.75) is 19.3 Å². The maximum atomic E-state index is 12.5. The van der Waals surface area contributed by atoms with E-state index in [1.54, 1.807) is 6.26 Å². The molecule has 0 bridgehead atoms. The highest BCUT2D eigenvalue weighted by Crippen LogP contribution is 2.28. The fraction of sp³-hybridized carbons (Fsp3) is 0.474. The molecule has 0 amide bonds. The number of ketones is 1. The van der Waals surface area contributed by atoms with Gasteiger partial charge in [0, 0.05) is 44.7 Å². The summed E-state index contributed by atoms with van der Waals surface area (Å²) in [6.07, 6.45) is 6.26. The van der Waals surface area contributed by atoms with Gasteiger partial charge in [0.15, 0.2) is 5.78 Å². The lowest BCUT2D eigenvalue weighted by Crippen LogP contribution is -2.47. The topological polar surface area (TPSA) is 49.6 Å². The number of anilines is 1. The van der Waals surface area contributed by atoms with Crippen molar-refractivity contribution in [1.82, 2.24) is 9.88 Å². The third-order valence-electron chi connectivity index (χ3n) is 5.24. The highest BCUT2D eigenvalue weighted by Gasteiger charge is 2.29. The number of piperazine rings is 1. The quantitative estimate of drug-likeness (QED) is 0.865. The van der Waals surface area contributed by atoms with Gasteiger partial charge in [0.1, 0.15) is 11.6 Å². The van der Waals surface area contributed by atoms with E-state index < -0.39 is 0 Å². The Kier molecular flexibility index (Phi) is 4.34. The van der Waals surface area contributed by atoms with Gasteiger partial charge in [-0.15, -0.1) is 0 Å². The molecule has 4 rings (SSSR count). The van der Waals surface area contributed by atoms with Crippen molar-refractivity contribution in [1.29, 1.82) is 0 Å². The van der Waals surface area contributed by atoms with Crippen molar-refractivity contribution in [3.8, 4) is 0 Å². The van der Waals surface area contributed by atoms with Gasteiger partial charge in [0.25, 0.3) is 0 Å². The molecular formula is C19H23N3O2. The lowest BCUT2D eigenvalue weighted by Gasteiger charge is -2.36. The summed E-state index contributed by atoms with van der Waals surface area (Å²) in [6.45, 7) is 5.07. The Hall–Kier alpha value is -2.14. The van der Waals surface area contributed by atoms with Gasteiger partial charge in [-0.1, -0.05) is 6.07 Å². The van der Waals surface area contributed by atoms with Crippen molar-refractivity contribution in [2.75, 3.05) is 37.6 Å². The van der Waals surface area contributed by atoms with Gasteiger partial charge in [-0.3, -0.25) is 9.69 Å². The molecule has 24 heavy (non-hydrogen) atoms. The lowest BCUT2D eigenvalue weighted by molar-refractivity contribution is 0.0877. The zero-order valence-corrected chi connectivity index (χ0v) is 13.9. The Labute approximate surface area is 142 Å². The molecule has 5 heteroatoms. The van der Waals surface area contributed by atoms with Gasteiger partial charge in [0.05, 0.1) is 11.8 Å². The van der Waals surface area contributed by atoms with Crippen LogP contribution in [0.15, 0.2) is 41.1 Å². The molecule has 2 aromatic heterocycles. The van der Waals surface area contributed by atoms with E-state index in [1.165, 1.54) is 0 Å². The minimum Gasteiger partial charge on any atom is -0.469 e. The first-order valence-corrected chi connectivity index (χ1v) is 8.80. The van der Waals surface area contributed by atoms with E-state index in [4.69, 9.17) is 4.42 Å². The molecule has 1 saturated heterocycles. The zero-order chi connectivity index (χ0) is 16.4. The number of rotatable bonds is 4. The maximum absolute atomic E-state index is 12.5. The van der Waals surface area contributed by atoms with Crippen LogP contribution >= 0.6 is 0 Å². The summed E-state index contributed by atoms with van der Waals surface area (Å²) in [7, 11) is 0. The van der Waals surface area contributed by atoms with Gasteiger partial charge in [-0.25, -0.2) is 4.98 Å². The van der Waals surface area contributed by atoms with Crippen molar-refractivity contribution < 1.29 is 9.21 Å². The van der Waals surface area contributed by atoms with Crippen LogP contribution in [-0.2, 0) is 6.42 Å². The van der Waals surface area contributed by atoms with Crippen LogP contribution in [0, 0.1) is 5.92 Å². The maximum Gasteiger partial charge on any atom is 0.169 e. The normalized spacial score (nSPS) is 21.8. The van der Waals surface area contributed by atoms with E-state index in [2.05, 4.69) is 20.9 Å². The van der Waals surface area contributed by atoms with Gasteiger partial charge < -0.3 is 9.32 Å². The second kappa shape index (κ2) is 6.77. The van der Waals surface area contributed by atoms with E-state index >= 15 is 0 Å². The van der Waals surface area contributed by atoms with Crippen LogP contribution in [0.4, 0.5) is 5.82 Å². The summed E-state index contributed by atoms with van der Waals surface area (Å²) < 4.78 is 5.38. The Morgan fingerprint density at radius 1 is 1.17 bits per heavy atom. The van der Waals surface area contributed by atoms with Crippen LogP contribution < -0.4 is 4.90 Å². The first kappa shape index (κ1) is 15.4. The molecule has 1 aliphatic heterocycles. The highest BCUT2D eigenvalue weighted by atomic mass is 16.3. The number of Topliss-reactive ketones (excluding diaryl/α,β-unsaturated/α-hetero) is 1. The van der Waals surface area contributed by atoms with Crippen molar-refractivity contribution in [3.05, 3.63) is 48.0 Å². The number of fused-ring (bicyclic) bond motifs is 1. The second-order valence-corrected chi connectivity index (χ2v) is 6.66. The lowest BCUT2D eigenvalue weighted by atomic mass is 9.84. The molecule has 2 aliphatic rings. The molecule has 1 atom stereocenters. The minimum atomic E-state index is 0.156. The Bertz CT molecular complexity index is 690. The summed E-state index contributed by atoms with van der Waals surface area (Å²) in [5, 5.41) is 0. The molecule has 126 valence electrons. The monoisotopic (exact) mass is 325 g/mol. The number of carbonyl (C=O) groups is 1. The van der Waals surface area contributed by atoms with Crippen LogP contribution in [0.25, 0.3) is 0 Å². The first-order chi connectivity index (χ1) is 11.8. The predicted octanol–water partition coefficient (Wildman–Crippen LogP) is 2.63. The van der Waals surface area contributed by atoms with Crippen LogP contribution in [0.2, 0.25) is 0 Å². The number of aromatic nitrogens is 1. The molecule has 3 heterocycles. The van der Waals surface area contributed by atoms with Crippen molar-refractivity contribution in [3.63, 3.8) is 0 Å². The molecule has 0 saturated carbocycles. The molecular weight excluding hydrogens is 302 g/mol. The summed E-state index contributed by atoms with van der Waals surface area (Å²) in [5.74, 6) is 2.37. The number of hydrogen-bond acceptors (Lipinski definition) is 5. The van der Waals surface area contributed by atoms with Gasteiger partial charge in [-0.2, -0.15) is 0 Å². The van der Waals surface area contributed by atoms with E-state index in [-0.39, 0.29) is 11.7 Å². The molecule has 5 nitrogen and oxygen atoms in total. The Balaban J connectivity index is 1.27. The summed E-state index contributed by atoms with van der Waals surface area (Å²) in [6, 6.07) is 7.88. The highest BCUT2D eigenvalue weighted by molar-refractivity contribution is 5.99. The summed E-state index contributed by atoms with van der Waals surface area (Å²) >= 11 is 0. The minimum absolute atomic E-state index is 0.156. The molecule has 1 unspecified atom stereocenters. The third-order valence-corrected chi connectivity index (χ3v) is 5.24. The molecule has 0 aromatic carbocycles. The van der Waals surface area contributed by atoms with E-state index in [0.29, 0.717) is 0 Å². The SMILES string of the molecule is O=C1c2ccoc2CCC1CCN1CCN(c2ccccn2)CC1. The molecule has 2 aromatic rings. The average Bonchev–Trinajstić information content (AvgIpc) is 3.12. The number of nitrogens with zero attached hydrogens (tertiary/aromatic N) is 3. The third kappa shape index (κ3) is 3.08. The van der Waals surface area contributed by atoms with Crippen LogP contribution in [0.1, 0.15) is 29.0 Å². The molecule has 0 N–H and O–H groups in total. The van der Waals surface area contributed by atoms with Crippen molar-refractivity contribution in [2.24, 2.45) is 5.92 Å². The Morgan fingerprint density at radius 3 is 2.83 bits per heavy atom. The van der Waals surface area contributed by atoms with Crippen LogP contribution in [0.3, 0.4) is 0 Å². The predicted molar refractivity (Wildman–Crippen MR) is 92.4 cm³/mol. The van der Waals surface area contributed by atoms with E-state index in [0.717, 1.165) is 69.1 Å². The number of carbonyl (C=O) groups excluding carboxylic acids is 1. The molecule has 0 radical (unpaired) electrons. The van der Waals surface area contributed by atoms with Crippen LogP contribution in [-0.4, -0.2) is 48.4 Å². The summed E-state index contributed by atoms with van der Waals surface area (Å²) in [4.78, 5) is 21.7. The Morgan fingerprint density at radius 2 is 2.04 bits per heavy atom. The second-order valence-electron chi connectivity index (χ2n) is 6.66. The zero-order valence-electron chi connectivity index (χ0n) is 13.9. The first-order valence-electron chi connectivity index (χ1n) is 8.80. The number of aryl methyl sites for hydroxylation is 1. The van der Waals surface area contributed by atoms with Gasteiger partial charge in [-0.05, 0) is 37.6 Å². The van der Waals surface area contributed by atoms with Crippen LogP contribution in [0.5, 0.6) is 0 Å². The smallest absolute Gasteiger partial charge is 0.169 e. The van der Waals surface area contributed by atoms with Gasteiger partial charge in [0.2, 0.25) is 0 Å². The van der Waals surface area contributed by atoms with Gasteiger partial charge >= 0.3 is 0 Å². The largest absolute Gasteiger partial charge is 0.469 e. The number of furan rings is 1. The van der Waals surface area contributed by atoms with E-state index in [9.17, 15) is 4.79 Å². The fourth-order valence-electron chi connectivity index (χ4n) is 3.77. The summed E-state index contributed by atoms with van der Waals surface area (Å²) in [5.41, 5.74) is 0.811. The fourth-order valence-corrected chi connectivity index (χ4v) is 3.77. The number of hydrogen-bond donors (Lipinski definition) is 0. The molecule has 1 fully saturated rings. The van der Waals surface area contributed by atoms with Crippen molar-refractivity contribution >= 4 is 11.6 Å². The standard InChI is InChI=1S/C19H23N3O2/c23-19-15(4-5-17-16(19)7-14-24-17)6-9-21-10-12-22(13-11-21)18-3-1-2-8-20-18/h1-3,7-8,14-15H,4-6,9-13H2. The average molecular weight is 325 g/mol. The number of pyridine rings is 1. The molecule has 0 spiro atoms. The molecule has 1 aliphatic carbocycles.